The van der Waals surface area contributed by atoms with E-state index >= 15 is 0 Å². The second kappa shape index (κ2) is 9.57. The van der Waals surface area contributed by atoms with Gasteiger partial charge in [0, 0.05) is 24.3 Å². The number of anilines is 1. The number of ether oxygens (including phenoxy) is 2. The number of likely N-dealkylation sites (tertiary alicyclic amines) is 1. The quantitative estimate of drug-likeness (QED) is 0.551. The number of ketones is 1. The van der Waals surface area contributed by atoms with Crippen molar-refractivity contribution < 1.29 is 24.2 Å². The van der Waals surface area contributed by atoms with Gasteiger partial charge in [-0.15, -0.1) is 0 Å². The number of rotatable bonds is 6. The molecule has 0 aromatic heterocycles. The monoisotopic (exact) mass is 458 g/mol. The lowest BCUT2D eigenvalue weighted by molar-refractivity contribution is 0.0903. The van der Waals surface area contributed by atoms with Crippen LogP contribution >= 0.6 is 0 Å². The van der Waals surface area contributed by atoms with Gasteiger partial charge < -0.3 is 19.5 Å². The van der Waals surface area contributed by atoms with Crippen molar-refractivity contribution in [3.63, 3.8) is 0 Å². The molecule has 0 radical (unpaired) electrons. The number of nitrogens with zero attached hydrogens (tertiary/aromatic N) is 2. The molecule has 0 atom stereocenters. The minimum absolute atomic E-state index is 0.0316. The molecule has 1 saturated heterocycles. The normalized spacial score (nSPS) is 14.3. The van der Waals surface area contributed by atoms with Crippen molar-refractivity contribution in [1.29, 1.82) is 0 Å². The molecule has 1 fully saturated rings. The number of hydrogen-bond donors (Lipinski definition) is 1. The van der Waals surface area contributed by atoms with Crippen LogP contribution in [0.15, 0.2) is 66.7 Å². The zero-order valence-corrected chi connectivity index (χ0v) is 18.8. The number of aliphatic hydroxyl groups is 1. The molecule has 0 saturated carbocycles. The number of carbonyl (C=O) groups is 2. The van der Waals surface area contributed by atoms with Crippen molar-refractivity contribution in [2.24, 2.45) is 0 Å². The molecule has 0 bridgehead atoms. The SMILES string of the molecule is O=C(CO)c1ccc(CN(C(=O)N2CCCC2)c2cccc(-c3ccc4c(c3)OCO4)c2)cc1. The predicted molar refractivity (Wildman–Crippen MR) is 128 cm³/mol. The van der Waals surface area contributed by atoms with Gasteiger partial charge in [0.05, 0.1) is 6.54 Å². The summed E-state index contributed by atoms with van der Waals surface area (Å²) in [4.78, 5) is 28.9. The number of Topliss-reactive ketones (excluding diaryl/α,β-unsaturated/α-hetero) is 1. The highest BCUT2D eigenvalue weighted by atomic mass is 16.7. The fraction of sp³-hybridized carbons (Fsp3) is 0.259. The Morgan fingerprint density at radius 3 is 2.38 bits per heavy atom. The highest BCUT2D eigenvalue weighted by Gasteiger charge is 2.25. The first kappa shape index (κ1) is 22.0. The maximum Gasteiger partial charge on any atom is 0.324 e. The third kappa shape index (κ3) is 4.47. The Balaban J connectivity index is 1.46. The zero-order valence-electron chi connectivity index (χ0n) is 18.8. The molecule has 3 aromatic carbocycles. The molecule has 34 heavy (non-hydrogen) atoms. The van der Waals surface area contributed by atoms with E-state index in [1.807, 2.05) is 59.5 Å². The number of urea groups is 1. The van der Waals surface area contributed by atoms with Gasteiger partial charge in [-0.2, -0.15) is 0 Å². The van der Waals surface area contributed by atoms with Gasteiger partial charge in [-0.3, -0.25) is 9.69 Å². The Labute approximate surface area is 198 Å². The van der Waals surface area contributed by atoms with Crippen molar-refractivity contribution in [3.05, 3.63) is 77.9 Å². The summed E-state index contributed by atoms with van der Waals surface area (Å²) >= 11 is 0. The molecule has 2 heterocycles. The van der Waals surface area contributed by atoms with Gasteiger partial charge in [-0.1, -0.05) is 42.5 Å². The van der Waals surface area contributed by atoms with Crippen molar-refractivity contribution in [3.8, 4) is 22.6 Å². The van der Waals surface area contributed by atoms with E-state index in [0.717, 1.165) is 54.1 Å². The van der Waals surface area contributed by atoms with Crippen LogP contribution in [0.2, 0.25) is 0 Å². The van der Waals surface area contributed by atoms with E-state index in [9.17, 15) is 9.59 Å². The molecule has 7 heteroatoms. The number of carbonyl (C=O) groups excluding carboxylic acids is 2. The molecule has 174 valence electrons. The second-order valence-electron chi connectivity index (χ2n) is 8.46. The molecule has 0 spiro atoms. The Morgan fingerprint density at radius 1 is 0.882 bits per heavy atom. The molecule has 0 unspecified atom stereocenters. The zero-order chi connectivity index (χ0) is 23.5. The summed E-state index contributed by atoms with van der Waals surface area (Å²) in [5.41, 5.74) is 4.09. The molecule has 3 aromatic rings. The van der Waals surface area contributed by atoms with Gasteiger partial charge in [0.15, 0.2) is 17.3 Å². The average molecular weight is 459 g/mol. The largest absolute Gasteiger partial charge is 0.454 e. The molecule has 7 nitrogen and oxygen atoms in total. The second-order valence-corrected chi connectivity index (χ2v) is 8.46. The lowest BCUT2D eigenvalue weighted by atomic mass is 10.0. The topological polar surface area (TPSA) is 79.3 Å². The fourth-order valence-electron chi connectivity index (χ4n) is 4.35. The van der Waals surface area contributed by atoms with Gasteiger partial charge in [-0.25, -0.2) is 4.79 Å². The molecule has 5 rings (SSSR count). The van der Waals surface area contributed by atoms with Crippen LogP contribution < -0.4 is 14.4 Å². The predicted octanol–water partition coefficient (Wildman–Crippen LogP) is 4.48. The molecule has 2 aliphatic rings. The van der Waals surface area contributed by atoms with E-state index < -0.39 is 6.61 Å². The van der Waals surface area contributed by atoms with Gasteiger partial charge in [0.2, 0.25) is 6.79 Å². The van der Waals surface area contributed by atoms with E-state index in [1.54, 1.807) is 17.0 Å². The van der Waals surface area contributed by atoms with Gasteiger partial charge in [0.1, 0.15) is 6.61 Å². The maximum absolute atomic E-state index is 13.5. The van der Waals surface area contributed by atoms with E-state index in [1.165, 1.54) is 0 Å². The van der Waals surface area contributed by atoms with Gasteiger partial charge in [-0.05, 0) is 53.8 Å². The van der Waals surface area contributed by atoms with Crippen molar-refractivity contribution in [2.75, 3.05) is 31.4 Å². The van der Waals surface area contributed by atoms with E-state index in [0.29, 0.717) is 17.9 Å². The highest BCUT2D eigenvalue weighted by molar-refractivity contribution is 5.97. The van der Waals surface area contributed by atoms with Crippen LogP contribution in [0.5, 0.6) is 11.5 Å². The van der Waals surface area contributed by atoms with Crippen LogP contribution in [-0.2, 0) is 6.54 Å². The lowest BCUT2D eigenvalue weighted by Crippen LogP contribution is -2.41. The minimum Gasteiger partial charge on any atom is -0.454 e. The highest BCUT2D eigenvalue weighted by Crippen LogP contribution is 2.37. The maximum atomic E-state index is 13.5. The van der Waals surface area contributed by atoms with Crippen LogP contribution in [0.1, 0.15) is 28.8 Å². The minimum atomic E-state index is -0.522. The van der Waals surface area contributed by atoms with E-state index in [-0.39, 0.29) is 18.6 Å². The molecule has 2 amide bonds. The van der Waals surface area contributed by atoms with Crippen LogP contribution in [0.4, 0.5) is 10.5 Å². The first-order valence-electron chi connectivity index (χ1n) is 11.4. The average Bonchev–Trinajstić information content (AvgIpc) is 3.59. The van der Waals surface area contributed by atoms with Gasteiger partial charge in [0.25, 0.3) is 0 Å². The third-order valence-electron chi connectivity index (χ3n) is 6.23. The van der Waals surface area contributed by atoms with Gasteiger partial charge >= 0.3 is 6.03 Å². The first-order valence-corrected chi connectivity index (χ1v) is 11.4. The Morgan fingerprint density at radius 2 is 1.62 bits per heavy atom. The standard InChI is InChI=1S/C27H26N2O5/c30-17-24(31)20-8-6-19(7-9-20)16-29(27(32)28-12-1-2-13-28)23-5-3-4-21(14-23)22-10-11-25-26(15-22)34-18-33-25/h3-11,14-15,30H,1-2,12-13,16-18H2. The van der Waals surface area contributed by atoms with Crippen LogP contribution in [0.25, 0.3) is 11.1 Å². The van der Waals surface area contributed by atoms with Crippen molar-refractivity contribution >= 4 is 17.5 Å². The number of hydrogen-bond acceptors (Lipinski definition) is 5. The summed E-state index contributed by atoms with van der Waals surface area (Å²) in [6.07, 6.45) is 2.02. The summed E-state index contributed by atoms with van der Waals surface area (Å²) in [6, 6.07) is 20.7. The van der Waals surface area contributed by atoms with Crippen molar-refractivity contribution in [1.82, 2.24) is 4.90 Å². The molecular formula is C27H26N2O5. The summed E-state index contributed by atoms with van der Waals surface area (Å²) < 4.78 is 10.9. The molecule has 0 aliphatic carbocycles. The van der Waals surface area contributed by atoms with E-state index in [2.05, 4.69) is 0 Å². The molecular weight excluding hydrogens is 432 g/mol. The first-order chi connectivity index (χ1) is 16.6. The smallest absolute Gasteiger partial charge is 0.324 e. The summed E-state index contributed by atoms with van der Waals surface area (Å²) in [5.74, 6) is 1.12. The summed E-state index contributed by atoms with van der Waals surface area (Å²) in [6.45, 7) is 1.57. The Bertz CT molecular complexity index is 1200. The number of benzene rings is 3. The van der Waals surface area contributed by atoms with E-state index in [4.69, 9.17) is 14.6 Å². The third-order valence-corrected chi connectivity index (χ3v) is 6.23. The summed E-state index contributed by atoms with van der Waals surface area (Å²) in [5, 5.41) is 9.09. The van der Waals surface area contributed by atoms with Crippen LogP contribution in [0, 0.1) is 0 Å². The number of amides is 2. The Hall–Kier alpha value is -3.84. The number of fused-ring (bicyclic) bond motifs is 1. The Kier molecular flexibility index (Phi) is 6.18. The van der Waals surface area contributed by atoms with Crippen molar-refractivity contribution in [2.45, 2.75) is 19.4 Å². The number of aliphatic hydroxyl groups excluding tert-OH is 1. The lowest BCUT2D eigenvalue weighted by Gasteiger charge is -2.28. The molecule has 2 aliphatic heterocycles. The summed E-state index contributed by atoms with van der Waals surface area (Å²) in [7, 11) is 0. The molecule has 1 N–H and O–H groups in total. The van der Waals surface area contributed by atoms with Crippen LogP contribution in [0.3, 0.4) is 0 Å². The fourth-order valence-corrected chi connectivity index (χ4v) is 4.35. The van der Waals surface area contributed by atoms with Crippen LogP contribution in [-0.4, -0.2) is 48.3 Å².